The number of hydrogen-bond donors (Lipinski definition) is 2. The second kappa shape index (κ2) is 12.6. The Morgan fingerprint density at radius 3 is 2.17 bits per heavy atom. The Hall–Kier alpha value is -4.79. The molecule has 0 bridgehead atoms. The molecular weight excluding hydrogens is 462 g/mol. The molecule has 2 N–H and O–H groups in total. The molecule has 36 heavy (non-hydrogen) atoms. The van der Waals surface area contributed by atoms with E-state index in [4.69, 9.17) is 18.9 Å². The summed E-state index contributed by atoms with van der Waals surface area (Å²) in [4.78, 5) is 25.8. The predicted molar refractivity (Wildman–Crippen MR) is 137 cm³/mol. The van der Waals surface area contributed by atoms with Gasteiger partial charge in [0.05, 0.1) is 34.7 Å². The van der Waals surface area contributed by atoms with Crippen LogP contribution in [0.1, 0.15) is 21.5 Å². The van der Waals surface area contributed by atoms with E-state index in [0.717, 1.165) is 0 Å². The third kappa shape index (κ3) is 6.63. The smallest absolute Gasteiger partial charge is 0.287 e. The average Bonchev–Trinajstić information content (AvgIpc) is 2.92. The van der Waals surface area contributed by atoms with Gasteiger partial charge in [0.2, 0.25) is 0 Å². The van der Waals surface area contributed by atoms with Crippen LogP contribution in [0.25, 0.3) is 6.08 Å². The van der Waals surface area contributed by atoms with Gasteiger partial charge in [-0.05, 0) is 48.0 Å². The summed E-state index contributed by atoms with van der Waals surface area (Å²) < 4.78 is 21.1. The number of carbonyl (C=O) groups is 2. The molecule has 0 aliphatic carbocycles. The molecule has 0 saturated carbocycles. The number of ether oxygens (including phenoxy) is 4. The van der Waals surface area contributed by atoms with Crippen molar-refractivity contribution in [3.05, 3.63) is 89.1 Å². The van der Waals surface area contributed by atoms with Crippen LogP contribution in [-0.4, -0.2) is 46.5 Å². The Balaban J connectivity index is 1.87. The lowest BCUT2D eigenvalue weighted by atomic mass is 10.1. The summed E-state index contributed by atoms with van der Waals surface area (Å²) in [5.41, 5.74) is 4.05. The molecule has 3 aromatic carbocycles. The van der Waals surface area contributed by atoms with Crippen LogP contribution >= 0.6 is 0 Å². The van der Waals surface area contributed by atoms with Crippen molar-refractivity contribution < 1.29 is 28.5 Å². The Labute approximate surface area is 209 Å². The van der Waals surface area contributed by atoms with Gasteiger partial charge >= 0.3 is 0 Å². The molecule has 9 nitrogen and oxygen atoms in total. The molecule has 0 fully saturated rings. The standard InChI is InChI=1S/C27H27N3O6/c1-33-21-12-11-20(24(16-21)35-3)17-28-30-27(32)22(29-26(31)19-8-6-5-7-9-19)14-18-10-13-23(34-2)25(15-18)36-4/h5-17H,1-4H3,(H,29,31)(H,30,32). The van der Waals surface area contributed by atoms with E-state index in [-0.39, 0.29) is 5.70 Å². The molecule has 3 aromatic rings. The van der Waals surface area contributed by atoms with E-state index < -0.39 is 11.8 Å². The third-order valence-electron chi connectivity index (χ3n) is 5.06. The van der Waals surface area contributed by atoms with E-state index in [2.05, 4.69) is 15.8 Å². The highest BCUT2D eigenvalue weighted by molar-refractivity contribution is 6.05. The van der Waals surface area contributed by atoms with Crippen molar-refractivity contribution in [3.8, 4) is 23.0 Å². The van der Waals surface area contributed by atoms with E-state index in [0.29, 0.717) is 39.7 Å². The average molecular weight is 490 g/mol. The number of carbonyl (C=O) groups excluding carboxylic acids is 2. The predicted octanol–water partition coefficient (Wildman–Crippen LogP) is 3.64. The third-order valence-corrected chi connectivity index (χ3v) is 5.06. The molecule has 0 aromatic heterocycles. The Bertz CT molecular complexity index is 1270. The van der Waals surface area contributed by atoms with Crippen molar-refractivity contribution in [1.29, 1.82) is 0 Å². The molecule has 186 valence electrons. The van der Waals surface area contributed by atoms with Crippen LogP contribution in [0.3, 0.4) is 0 Å². The van der Waals surface area contributed by atoms with Gasteiger partial charge in [-0.25, -0.2) is 5.43 Å². The zero-order chi connectivity index (χ0) is 25.9. The highest BCUT2D eigenvalue weighted by atomic mass is 16.5. The minimum absolute atomic E-state index is 0.0186. The van der Waals surface area contributed by atoms with Gasteiger partial charge in [0.15, 0.2) is 11.5 Å². The lowest BCUT2D eigenvalue weighted by molar-refractivity contribution is -0.117. The molecule has 0 unspecified atom stereocenters. The Kier molecular flexibility index (Phi) is 9.05. The minimum Gasteiger partial charge on any atom is -0.497 e. The van der Waals surface area contributed by atoms with E-state index in [1.54, 1.807) is 73.8 Å². The lowest BCUT2D eigenvalue weighted by Crippen LogP contribution is -2.32. The second-order valence-electron chi connectivity index (χ2n) is 7.30. The minimum atomic E-state index is -0.627. The summed E-state index contributed by atoms with van der Waals surface area (Å²) in [5, 5.41) is 6.68. The van der Waals surface area contributed by atoms with Gasteiger partial charge in [-0.2, -0.15) is 5.10 Å². The number of rotatable bonds is 10. The first-order chi connectivity index (χ1) is 17.5. The lowest BCUT2D eigenvalue weighted by Gasteiger charge is -2.11. The molecular formula is C27H27N3O6. The monoisotopic (exact) mass is 489 g/mol. The van der Waals surface area contributed by atoms with Crippen molar-refractivity contribution in [2.24, 2.45) is 5.10 Å². The maximum Gasteiger partial charge on any atom is 0.287 e. The van der Waals surface area contributed by atoms with E-state index in [9.17, 15) is 9.59 Å². The number of methoxy groups -OCH3 is 4. The van der Waals surface area contributed by atoms with E-state index in [1.165, 1.54) is 33.6 Å². The van der Waals surface area contributed by atoms with Crippen LogP contribution < -0.4 is 29.7 Å². The normalized spacial score (nSPS) is 11.1. The zero-order valence-corrected chi connectivity index (χ0v) is 20.4. The maximum absolute atomic E-state index is 13.0. The fourth-order valence-corrected chi connectivity index (χ4v) is 3.20. The maximum atomic E-state index is 13.0. The zero-order valence-electron chi connectivity index (χ0n) is 20.4. The van der Waals surface area contributed by atoms with Crippen LogP contribution in [-0.2, 0) is 4.79 Å². The molecule has 0 aliphatic rings. The van der Waals surface area contributed by atoms with Crippen LogP contribution in [0.2, 0.25) is 0 Å². The molecule has 9 heteroatoms. The summed E-state index contributed by atoms with van der Waals surface area (Å²) in [5.74, 6) is 1.08. The first-order valence-electron chi connectivity index (χ1n) is 10.8. The van der Waals surface area contributed by atoms with Gasteiger partial charge in [0, 0.05) is 17.2 Å². The highest BCUT2D eigenvalue weighted by Crippen LogP contribution is 2.28. The van der Waals surface area contributed by atoms with Crippen molar-refractivity contribution in [2.45, 2.75) is 0 Å². The van der Waals surface area contributed by atoms with E-state index >= 15 is 0 Å². The number of nitrogens with zero attached hydrogens (tertiary/aromatic N) is 1. The van der Waals surface area contributed by atoms with Crippen LogP contribution in [0.5, 0.6) is 23.0 Å². The fraction of sp³-hybridized carbons (Fsp3) is 0.148. The van der Waals surface area contributed by atoms with Gasteiger partial charge in [0.25, 0.3) is 11.8 Å². The molecule has 3 rings (SSSR count). The van der Waals surface area contributed by atoms with Crippen molar-refractivity contribution in [1.82, 2.24) is 10.7 Å². The fourth-order valence-electron chi connectivity index (χ4n) is 3.20. The molecule has 0 spiro atoms. The largest absolute Gasteiger partial charge is 0.497 e. The van der Waals surface area contributed by atoms with Crippen molar-refractivity contribution >= 4 is 24.1 Å². The first-order valence-corrected chi connectivity index (χ1v) is 10.8. The molecule has 0 aliphatic heterocycles. The van der Waals surface area contributed by atoms with Gasteiger partial charge < -0.3 is 24.3 Å². The summed E-state index contributed by atoms with van der Waals surface area (Å²) in [6, 6.07) is 18.9. The number of hydrogen-bond acceptors (Lipinski definition) is 7. The van der Waals surface area contributed by atoms with Crippen LogP contribution in [0.15, 0.2) is 77.5 Å². The number of benzene rings is 3. The summed E-state index contributed by atoms with van der Waals surface area (Å²) in [7, 11) is 6.12. The van der Waals surface area contributed by atoms with E-state index in [1.807, 2.05) is 0 Å². The van der Waals surface area contributed by atoms with Crippen LogP contribution in [0, 0.1) is 0 Å². The van der Waals surface area contributed by atoms with Gasteiger partial charge in [-0.3, -0.25) is 9.59 Å². The number of nitrogens with one attached hydrogen (secondary N) is 2. The summed E-state index contributed by atoms with van der Waals surface area (Å²) in [6.07, 6.45) is 2.95. The molecule has 2 amide bonds. The first kappa shape index (κ1) is 25.8. The van der Waals surface area contributed by atoms with Gasteiger partial charge in [0.1, 0.15) is 17.2 Å². The Morgan fingerprint density at radius 2 is 1.50 bits per heavy atom. The molecule has 0 atom stereocenters. The quantitative estimate of drug-likeness (QED) is 0.256. The number of amides is 2. The van der Waals surface area contributed by atoms with Crippen LogP contribution in [0.4, 0.5) is 0 Å². The number of hydrazone groups is 1. The second-order valence-corrected chi connectivity index (χ2v) is 7.30. The molecule has 0 radical (unpaired) electrons. The van der Waals surface area contributed by atoms with Crippen molar-refractivity contribution in [3.63, 3.8) is 0 Å². The van der Waals surface area contributed by atoms with Gasteiger partial charge in [-0.15, -0.1) is 0 Å². The van der Waals surface area contributed by atoms with Crippen molar-refractivity contribution in [2.75, 3.05) is 28.4 Å². The van der Waals surface area contributed by atoms with Gasteiger partial charge in [-0.1, -0.05) is 24.3 Å². The summed E-state index contributed by atoms with van der Waals surface area (Å²) >= 11 is 0. The Morgan fingerprint density at radius 1 is 0.778 bits per heavy atom. The topological polar surface area (TPSA) is 107 Å². The summed E-state index contributed by atoms with van der Waals surface area (Å²) in [6.45, 7) is 0. The molecule has 0 saturated heterocycles. The SMILES string of the molecule is COc1ccc(C=NNC(=O)C(=Cc2ccc(OC)c(OC)c2)NC(=O)c2ccccc2)c(OC)c1. The highest BCUT2D eigenvalue weighted by Gasteiger charge is 2.15. The molecule has 0 heterocycles.